The predicted molar refractivity (Wildman–Crippen MR) is 124 cm³/mol. The van der Waals surface area contributed by atoms with Gasteiger partial charge in [0, 0.05) is 30.5 Å². The fraction of sp³-hybridized carbons (Fsp3) is 0.174. The van der Waals surface area contributed by atoms with Crippen molar-refractivity contribution in [2.75, 3.05) is 41.8 Å². The van der Waals surface area contributed by atoms with Crippen LogP contribution in [-0.2, 0) is 9.53 Å². The van der Waals surface area contributed by atoms with E-state index in [4.69, 9.17) is 16.3 Å². The number of carbonyl (C=O) groups is 1. The van der Waals surface area contributed by atoms with E-state index in [9.17, 15) is 9.18 Å². The molecule has 4 rings (SSSR count). The maximum absolute atomic E-state index is 14.1. The summed E-state index contributed by atoms with van der Waals surface area (Å²) in [6.45, 7) is 6.23. The van der Waals surface area contributed by atoms with Crippen LogP contribution in [0.25, 0.3) is 11.3 Å². The van der Waals surface area contributed by atoms with Crippen LogP contribution in [0.5, 0.6) is 0 Å². The smallest absolute Gasteiger partial charge is 0.247 e. The van der Waals surface area contributed by atoms with Gasteiger partial charge < -0.3 is 20.3 Å². The van der Waals surface area contributed by atoms with E-state index in [1.165, 1.54) is 12.1 Å². The van der Waals surface area contributed by atoms with Crippen molar-refractivity contribution in [2.45, 2.75) is 0 Å². The van der Waals surface area contributed by atoms with Gasteiger partial charge in [0.05, 0.1) is 35.3 Å². The Balaban J connectivity index is 1.57. The maximum atomic E-state index is 14.1. The predicted octanol–water partition coefficient (Wildman–Crippen LogP) is 4.64. The molecule has 1 amide bonds. The molecule has 0 aliphatic carbocycles. The molecule has 0 spiro atoms. The largest absolute Gasteiger partial charge is 0.378 e. The molecule has 2 aromatic carbocycles. The van der Waals surface area contributed by atoms with E-state index in [1.807, 2.05) is 18.2 Å². The van der Waals surface area contributed by atoms with E-state index in [0.29, 0.717) is 35.4 Å². The average Bonchev–Trinajstić information content (AvgIpc) is 2.82. The molecule has 0 radical (unpaired) electrons. The third kappa shape index (κ3) is 5.04. The third-order valence-electron chi connectivity index (χ3n) is 4.92. The lowest BCUT2D eigenvalue weighted by Gasteiger charge is -2.29. The van der Waals surface area contributed by atoms with Gasteiger partial charge in [-0.05, 0) is 48.5 Å². The number of amides is 1. The second kappa shape index (κ2) is 9.76. The number of nitrogens with zero attached hydrogens (tertiary/aromatic N) is 3. The first-order valence-electron chi connectivity index (χ1n) is 9.99. The zero-order chi connectivity index (χ0) is 22.5. The molecule has 1 aromatic heterocycles. The van der Waals surface area contributed by atoms with Gasteiger partial charge in [0.25, 0.3) is 0 Å². The highest BCUT2D eigenvalue weighted by atomic mass is 35.5. The maximum Gasteiger partial charge on any atom is 0.247 e. The standard InChI is InChI=1S/C23H21ClFN5O2/c1-2-22(31)28-20-13-15(3-6-18(20)25)19-7-8-26-23(29-19)27-16-4-5-17(24)21(14-16)30-9-11-32-12-10-30/h2-8,13-14H,1,9-12H2,(H,28,31)(H,26,27,29). The number of carbonyl (C=O) groups excluding carboxylic acids is 1. The quantitative estimate of drug-likeness (QED) is 0.529. The lowest BCUT2D eigenvalue weighted by Crippen LogP contribution is -2.36. The Kier molecular flexibility index (Phi) is 6.63. The molecule has 3 aromatic rings. The van der Waals surface area contributed by atoms with E-state index in [1.54, 1.807) is 18.3 Å². The second-order valence-electron chi connectivity index (χ2n) is 7.04. The number of ether oxygens (including phenoxy) is 1. The molecule has 32 heavy (non-hydrogen) atoms. The molecule has 7 nitrogen and oxygen atoms in total. The number of hydrogen-bond donors (Lipinski definition) is 2. The highest BCUT2D eigenvalue weighted by molar-refractivity contribution is 6.33. The first kappa shape index (κ1) is 21.7. The van der Waals surface area contributed by atoms with Crippen molar-refractivity contribution in [3.8, 4) is 11.3 Å². The lowest BCUT2D eigenvalue weighted by atomic mass is 10.1. The van der Waals surface area contributed by atoms with Crippen LogP contribution < -0.4 is 15.5 Å². The monoisotopic (exact) mass is 453 g/mol. The van der Waals surface area contributed by atoms with E-state index < -0.39 is 11.7 Å². The molecular formula is C23H21ClFN5O2. The van der Waals surface area contributed by atoms with Crippen LogP contribution >= 0.6 is 11.6 Å². The van der Waals surface area contributed by atoms with Crippen molar-refractivity contribution in [1.82, 2.24) is 9.97 Å². The molecule has 1 aliphatic heterocycles. The highest BCUT2D eigenvalue weighted by Gasteiger charge is 2.15. The summed E-state index contributed by atoms with van der Waals surface area (Å²) in [5.74, 6) is -0.670. The summed E-state index contributed by atoms with van der Waals surface area (Å²) in [5.41, 5.74) is 2.94. The van der Waals surface area contributed by atoms with Gasteiger partial charge in [-0.15, -0.1) is 0 Å². The van der Waals surface area contributed by atoms with E-state index in [2.05, 4.69) is 32.1 Å². The number of rotatable bonds is 6. The van der Waals surface area contributed by atoms with Crippen molar-refractivity contribution in [3.05, 3.63) is 72.2 Å². The summed E-state index contributed by atoms with van der Waals surface area (Å²) < 4.78 is 19.5. The number of hydrogen-bond acceptors (Lipinski definition) is 6. The fourth-order valence-electron chi connectivity index (χ4n) is 3.31. The van der Waals surface area contributed by atoms with Crippen LogP contribution in [0.2, 0.25) is 5.02 Å². The lowest BCUT2D eigenvalue weighted by molar-refractivity contribution is -0.111. The molecule has 9 heteroatoms. The molecule has 1 saturated heterocycles. The highest BCUT2D eigenvalue weighted by Crippen LogP contribution is 2.31. The summed E-state index contributed by atoms with van der Waals surface area (Å²) in [4.78, 5) is 22.5. The fourth-order valence-corrected chi connectivity index (χ4v) is 3.55. The Labute approximate surface area is 189 Å². The molecule has 2 heterocycles. The van der Waals surface area contributed by atoms with Gasteiger partial charge in [-0.3, -0.25) is 4.79 Å². The van der Waals surface area contributed by atoms with Gasteiger partial charge in [-0.25, -0.2) is 14.4 Å². The second-order valence-corrected chi connectivity index (χ2v) is 7.45. The number of anilines is 4. The Morgan fingerprint density at radius 3 is 2.78 bits per heavy atom. The molecule has 0 unspecified atom stereocenters. The summed E-state index contributed by atoms with van der Waals surface area (Å²) >= 11 is 6.40. The zero-order valence-electron chi connectivity index (χ0n) is 17.1. The normalized spacial score (nSPS) is 13.5. The zero-order valence-corrected chi connectivity index (χ0v) is 17.9. The minimum atomic E-state index is -0.548. The number of aromatic nitrogens is 2. The summed E-state index contributed by atoms with van der Waals surface area (Å²) in [6.07, 6.45) is 2.69. The van der Waals surface area contributed by atoms with Gasteiger partial charge in [0.2, 0.25) is 11.9 Å². The van der Waals surface area contributed by atoms with Crippen molar-refractivity contribution in [3.63, 3.8) is 0 Å². The van der Waals surface area contributed by atoms with Gasteiger partial charge >= 0.3 is 0 Å². The number of nitrogens with one attached hydrogen (secondary N) is 2. The SMILES string of the molecule is C=CC(=O)Nc1cc(-c2ccnc(Nc3ccc(Cl)c(N4CCOCC4)c3)n2)ccc1F. The van der Waals surface area contributed by atoms with Crippen LogP contribution in [-0.4, -0.2) is 42.2 Å². The Hall–Kier alpha value is -3.49. The van der Waals surface area contributed by atoms with E-state index >= 15 is 0 Å². The molecule has 2 N–H and O–H groups in total. The van der Waals surface area contributed by atoms with Crippen LogP contribution in [0.3, 0.4) is 0 Å². The van der Waals surface area contributed by atoms with Gasteiger partial charge in [-0.1, -0.05) is 18.2 Å². The molecular weight excluding hydrogens is 433 g/mol. The Morgan fingerprint density at radius 1 is 1.19 bits per heavy atom. The minimum absolute atomic E-state index is 0.0494. The summed E-state index contributed by atoms with van der Waals surface area (Å²) in [6, 6.07) is 11.7. The van der Waals surface area contributed by atoms with Gasteiger partial charge in [-0.2, -0.15) is 0 Å². The average molecular weight is 454 g/mol. The Morgan fingerprint density at radius 2 is 2.00 bits per heavy atom. The van der Waals surface area contributed by atoms with Crippen molar-refractivity contribution >= 4 is 40.5 Å². The molecule has 0 saturated carbocycles. The molecule has 1 aliphatic rings. The topological polar surface area (TPSA) is 79.4 Å². The van der Waals surface area contributed by atoms with Crippen LogP contribution in [0.4, 0.5) is 27.4 Å². The van der Waals surface area contributed by atoms with Gasteiger partial charge in [0.1, 0.15) is 5.82 Å². The molecule has 0 atom stereocenters. The van der Waals surface area contributed by atoms with Gasteiger partial charge in [0.15, 0.2) is 0 Å². The van der Waals surface area contributed by atoms with Crippen LogP contribution in [0.15, 0.2) is 61.3 Å². The van der Waals surface area contributed by atoms with Crippen molar-refractivity contribution in [1.29, 1.82) is 0 Å². The van der Waals surface area contributed by atoms with Crippen LogP contribution in [0, 0.1) is 5.82 Å². The van der Waals surface area contributed by atoms with Crippen molar-refractivity contribution < 1.29 is 13.9 Å². The van der Waals surface area contributed by atoms with Crippen molar-refractivity contribution in [2.24, 2.45) is 0 Å². The molecule has 164 valence electrons. The summed E-state index contributed by atoms with van der Waals surface area (Å²) in [7, 11) is 0. The number of morpholine rings is 1. The Bertz CT molecular complexity index is 1150. The molecule has 1 fully saturated rings. The molecule has 0 bridgehead atoms. The first-order valence-corrected chi connectivity index (χ1v) is 10.4. The first-order chi connectivity index (χ1) is 15.5. The minimum Gasteiger partial charge on any atom is -0.378 e. The number of halogens is 2. The van der Waals surface area contributed by atoms with E-state index in [-0.39, 0.29) is 5.69 Å². The van der Waals surface area contributed by atoms with Crippen LogP contribution in [0.1, 0.15) is 0 Å². The third-order valence-corrected chi connectivity index (χ3v) is 5.23. The summed E-state index contributed by atoms with van der Waals surface area (Å²) in [5, 5.41) is 6.30. The number of benzene rings is 2. The van der Waals surface area contributed by atoms with E-state index in [0.717, 1.165) is 30.5 Å².